The number of ether oxygens (including phenoxy) is 2. The first-order valence-corrected chi connectivity index (χ1v) is 6.18. The van der Waals surface area contributed by atoms with E-state index < -0.39 is 0 Å². The molecule has 0 unspecified atom stereocenters. The van der Waals surface area contributed by atoms with E-state index in [2.05, 4.69) is 20.9 Å². The molecule has 2 heterocycles. The van der Waals surface area contributed by atoms with E-state index >= 15 is 0 Å². The summed E-state index contributed by atoms with van der Waals surface area (Å²) >= 11 is 1.26. The summed E-state index contributed by atoms with van der Waals surface area (Å²) in [6.07, 6.45) is 1.66. The lowest BCUT2D eigenvalue weighted by molar-refractivity contribution is 0.299. The highest BCUT2D eigenvalue weighted by molar-refractivity contribution is 7.06. The number of hydrogen-bond acceptors (Lipinski definition) is 6. The van der Waals surface area contributed by atoms with Gasteiger partial charge in [0.05, 0.1) is 13.7 Å². The van der Waals surface area contributed by atoms with Crippen molar-refractivity contribution >= 4 is 17.3 Å². The first-order valence-electron chi connectivity index (χ1n) is 5.40. The number of nitrogens with zero attached hydrogens (tertiary/aromatic N) is 3. The van der Waals surface area contributed by atoms with Crippen LogP contribution in [0.4, 0.5) is 0 Å². The van der Waals surface area contributed by atoms with Crippen LogP contribution >= 0.6 is 11.5 Å². The summed E-state index contributed by atoms with van der Waals surface area (Å²) in [4.78, 5) is 8.41. The van der Waals surface area contributed by atoms with Crippen LogP contribution in [0, 0.1) is 0 Å². The molecule has 0 atom stereocenters. The third-order valence-electron chi connectivity index (χ3n) is 2.19. The summed E-state index contributed by atoms with van der Waals surface area (Å²) in [6, 6.07) is 3.62. The minimum absolute atomic E-state index is 0.535. The molecule has 0 saturated carbocycles. The zero-order chi connectivity index (χ0) is 13.0. The van der Waals surface area contributed by atoms with Crippen molar-refractivity contribution in [2.45, 2.75) is 6.92 Å². The molecular formula is C12H13N3O2S. The maximum Gasteiger partial charge on any atom is 0.213 e. The maximum atomic E-state index is 5.30. The SMILES string of the molecule is C=C(OCC)c1nc(-c2ccnc(OC)c2)ns1. The molecule has 6 heteroatoms. The van der Waals surface area contributed by atoms with E-state index in [4.69, 9.17) is 9.47 Å². The van der Waals surface area contributed by atoms with Gasteiger partial charge in [-0.1, -0.05) is 6.58 Å². The summed E-state index contributed by atoms with van der Waals surface area (Å²) in [6.45, 7) is 6.27. The van der Waals surface area contributed by atoms with E-state index in [1.807, 2.05) is 13.0 Å². The Labute approximate surface area is 109 Å². The van der Waals surface area contributed by atoms with Gasteiger partial charge < -0.3 is 9.47 Å². The normalized spacial score (nSPS) is 10.1. The van der Waals surface area contributed by atoms with Crippen LogP contribution in [0.15, 0.2) is 24.9 Å². The molecule has 0 radical (unpaired) electrons. The smallest absolute Gasteiger partial charge is 0.213 e. The fourth-order valence-corrected chi connectivity index (χ4v) is 1.96. The topological polar surface area (TPSA) is 57.1 Å². The van der Waals surface area contributed by atoms with Gasteiger partial charge in [0.25, 0.3) is 0 Å². The van der Waals surface area contributed by atoms with Crippen LogP contribution in [-0.2, 0) is 4.74 Å². The van der Waals surface area contributed by atoms with E-state index in [-0.39, 0.29) is 0 Å². The zero-order valence-corrected chi connectivity index (χ0v) is 11.0. The lowest BCUT2D eigenvalue weighted by atomic mass is 10.2. The van der Waals surface area contributed by atoms with Crippen LogP contribution in [0.5, 0.6) is 5.88 Å². The lowest BCUT2D eigenvalue weighted by Gasteiger charge is -2.01. The highest BCUT2D eigenvalue weighted by Gasteiger charge is 2.10. The molecule has 2 aromatic rings. The molecule has 2 aromatic heterocycles. The molecule has 0 fully saturated rings. The van der Waals surface area contributed by atoms with Crippen LogP contribution in [0.3, 0.4) is 0 Å². The van der Waals surface area contributed by atoms with Crippen molar-refractivity contribution in [1.82, 2.24) is 14.3 Å². The van der Waals surface area contributed by atoms with Gasteiger partial charge in [-0.15, -0.1) is 0 Å². The Morgan fingerprint density at radius 3 is 3.06 bits per heavy atom. The second-order valence-corrected chi connectivity index (χ2v) is 4.12. The van der Waals surface area contributed by atoms with Crippen molar-refractivity contribution in [2.75, 3.05) is 13.7 Å². The number of methoxy groups -OCH3 is 1. The molecule has 0 bridgehead atoms. The second kappa shape index (κ2) is 5.59. The van der Waals surface area contributed by atoms with E-state index in [9.17, 15) is 0 Å². The van der Waals surface area contributed by atoms with E-state index in [0.717, 1.165) is 5.56 Å². The predicted octanol–water partition coefficient (Wildman–Crippen LogP) is 2.62. The number of rotatable bonds is 5. The summed E-state index contributed by atoms with van der Waals surface area (Å²) in [5.41, 5.74) is 0.855. The Kier molecular flexibility index (Phi) is 3.88. The first-order chi connectivity index (χ1) is 8.74. The zero-order valence-electron chi connectivity index (χ0n) is 10.2. The summed E-state index contributed by atoms with van der Waals surface area (Å²) in [5, 5.41) is 0.683. The highest BCUT2D eigenvalue weighted by Crippen LogP contribution is 2.24. The van der Waals surface area contributed by atoms with E-state index in [1.165, 1.54) is 11.5 Å². The number of aromatic nitrogens is 3. The van der Waals surface area contributed by atoms with Crippen molar-refractivity contribution in [2.24, 2.45) is 0 Å². The molecule has 2 rings (SSSR count). The van der Waals surface area contributed by atoms with Crippen molar-refractivity contribution < 1.29 is 9.47 Å². The fourth-order valence-electron chi connectivity index (χ4n) is 1.35. The molecule has 0 amide bonds. The van der Waals surface area contributed by atoms with Gasteiger partial charge >= 0.3 is 0 Å². The van der Waals surface area contributed by atoms with Crippen LogP contribution in [0.25, 0.3) is 17.1 Å². The Morgan fingerprint density at radius 2 is 2.33 bits per heavy atom. The van der Waals surface area contributed by atoms with Crippen LogP contribution in [0.2, 0.25) is 0 Å². The number of pyridine rings is 1. The van der Waals surface area contributed by atoms with Gasteiger partial charge in [-0.05, 0) is 24.5 Å². The standard InChI is InChI=1S/C12H13N3O2S/c1-4-17-8(2)12-14-11(15-18-12)9-5-6-13-10(7-9)16-3/h5-7H,2,4H2,1,3H3. The van der Waals surface area contributed by atoms with Crippen molar-refractivity contribution in [3.63, 3.8) is 0 Å². The average Bonchev–Trinajstić information content (AvgIpc) is 2.89. The van der Waals surface area contributed by atoms with Crippen molar-refractivity contribution in [1.29, 1.82) is 0 Å². The molecule has 0 aliphatic rings. The number of hydrogen-bond donors (Lipinski definition) is 0. The quantitative estimate of drug-likeness (QED) is 0.776. The maximum absolute atomic E-state index is 5.30. The summed E-state index contributed by atoms with van der Waals surface area (Å²) in [5.74, 6) is 1.70. The highest BCUT2D eigenvalue weighted by atomic mass is 32.1. The molecule has 18 heavy (non-hydrogen) atoms. The van der Waals surface area contributed by atoms with Gasteiger partial charge in [-0.3, -0.25) is 0 Å². The molecule has 0 aromatic carbocycles. The fraction of sp³-hybridized carbons (Fsp3) is 0.250. The molecule has 0 aliphatic carbocycles. The largest absolute Gasteiger partial charge is 0.491 e. The lowest BCUT2D eigenvalue weighted by Crippen LogP contribution is -1.90. The van der Waals surface area contributed by atoms with Gasteiger partial charge in [0.2, 0.25) is 5.88 Å². The van der Waals surface area contributed by atoms with Crippen LogP contribution in [0.1, 0.15) is 11.9 Å². The van der Waals surface area contributed by atoms with Gasteiger partial charge in [0, 0.05) is 17.8 Å². The molecule has 94 valence electrons. The Balaban J connectivity index is 2.26. The first kappa shape index (κ1) is 12.5. The average molecular weight is 263 g/mol. The van der Waals surface area contributed by atoms with Gasteiger partial charge in [0.1, 0.15) is 5.76 Å². The molecule has 5 nitrogen and oxygen atoms in total. The van der Waals surface area contributed by atoms with Crippen molar-refractivity contribution in [3.05, 3.63) is 29.9 Å². The second-order valence-electron chi connectivity index (χ2n) is 3.37. The van der Waals surface area contributed by atoms with Gasteiger partial charge in [0.15, 0.2) is 10.8 Å². The molecule has 0 spiro atoms. The van der Waals surface area contributed by atoms with E-state index in [1.54, 1.807) is 19.4 Å². The molecule has 0 saturated heterocycles. The Bertz CT molecular complexity index is 554. The Hall–Kier alpha value is -1.95. The Morgan fingerprint density at radius 1 is 1.50 bits per heavy atom. The predicted molar refractivity (Wildman–Crippen MR) is 70.4 cm³/mol. The van der Waals surface area contributed by atoms with Crippen LogP contribution < -0.4 is 4.74 Å². The van der Waals surface area contributed by atoms with E-state index in [0.29, 0.717) is 29.1 Å². The molecule has 0 N–H and O–H groups in total. The molecular weight excluding hydrogens is 250 g/mol. The van der Waals surface area contributed by atoms with Crippen LogP contribution in [-0.4, -0.2) is 28.1 Å². The summed E-state index contributed by atoms with van der Waals surface area (Å²) < 4.78 is 14.6. The van der Waals surface area contributed by atoms with Crippen molar-refractivity contribution in [3.8, 4) is 17.3 Å². The third kappa shape index (κ3) is 2.65. The van der Waals surface area contributed by atoms with Gasteiger partial charge in [-0.25, -0.2) is 9.97 Å². The van der Waals surface area contributed by atoms with Gasteiger partial charge in [-0.2, -0.15) is 4.37 Å². The minimum Gasteiger partial charge on any atom is -0.491 e. The third-order valence-corrected chi connectivity index (χ3v) is 2.94. The summed E-state index contributed by atoms with van der Waals surface area (Å²) in [7, 11) is 1.57. The molecule has 0 aliphatic heterocycles. The minimum atomic E-state index is 0.535. The monoisotopic (exact) mass is 263 g/mol.